The number of rotatable bonds is 2. The van der Waals surface area contributed by atoms with E-state index in [9.17, 15) is 4.79 Å². The molecule has 1 fully saturated rings. The van der Waals surface area contributed by atoms with Crippen LogP contribution < -0.4 is 4.90 Å². The molecule has 0 aliphatic carbocycles. The Morgan fingerprint density at radius 2 is 1.95 bits per heavy atom. The van der Waals surface area contributed by atoms with Gasteiger partial charge in [0, 0.05) is 11.8 Å². The Kier molecular flexibility index (Phi) is 3.48. The van der Waals surface area contributed by atoms with E-state index in [4.69, 9.17) is 4.74 Å². The van der Waals surface area contributed by atoms with Crippen LogP contribution in [0, 0.1) is 0 Å². The summed E-state index contributed by atoms with van der Waals surface area (Å²) >= 11 is 0. The molecule has 3 rings (SSSR count). The minimum atomic E-state index is -0.0388. The van der Waals surface area contributed by atoms with E-state index < -0.39 is 0 Å². The third-order valence-corrected chi connectivity index (χ3v) is 3.36. The van der Waals surface area contributed by atoms with E-state index in [0.717, 1.165) is 11.1 Å². The van der Waals surface area contributed by atoms with Gasteiger partial charge in [0.25, 0.3) is 5.91 Å². The van der Waals surface area contributed by atoms with Gasteiger partial charge in [-0.1, -0.05) is 30.3 Å². The number of aromatic nitrogens is 1. The van der Waals surface area contributed by atoms with Crippen molar-refractivity contribution in [2.45, 2.75) is 13.0 Å². The van der Waals surface area contributed by atoms with Crippen molar-refractivity contribution in [3.8, 4) is 11.1 Å². The van der Waals surface area contributed by atoms with Crippen molar-refractivity contribution in [3.05, 3.63) is 48.7 Å². The molecule has 1 aliphatic rings. The number of hydrogen-bond donors (Lipinski definition) is 0. The minimum Gasteiger partial charge on any atom is -0.367 e. The first-order valence-electron chi connectivity index (χ1n) is 6.67. The van der Waals surface area contributed by atoms with E-state index in [1.54, 1.807) is 11.1 Å². The number of carbonyl (C=O) groups excluding carboxylic acids is 1. The Balaban J connectivity index is 1.84. The van der Waals surface area contributed by atoms with Crippen LogP contribution in [0.4, 0.5) is 5.82 Å². The summed E-state index contributed by atoms with van der Waals surface area (Å²) < 4.78 is 5.32. The lowest BCUT2D eigenvalue weighted by Gasteiger charge is -2.30. The van der Waals surface area contributed by atoms with Gasteiger partial charge in [0.1, 0.15) is 12.4 Å². The molecule has 0 radical (unpaired) electrons. The van der Waals surface area contributed by atoms with Gasteiger partial charge in [-0.25, -0.2) is 4.98 Å². The van der Waals surface area contributed by atoms with E-state index in [-0.39, 0.29) is 18.6 Å². The maximum atomic E-state index is 11.9. The average Bonchev–Trinajstić information content (AvgIpc) is 2.51. The Morgan fingerprint density at radius 3 is 2.65 bits per heavy atom. The smallest absolute Gasteiger partial charge is 0.254 e. The number of morpholine rings is 1. The average molecular weight is 268 g/mol. The molecule has 1 amide bonds. The molecule has 0 saturated carbocycles. The number of pyridine rings is 1. The molecule has 2 heterocycles. The van der Waals surface area contributed by atoms with Gasteiger partial charge in [-0.3, -0.25) is 9.69 Å². The van der Waals surface area contributed by atoms with Gasteiger partial charge >= 0.3 is 0 Å². The van der Waals surface area contributed by atoms with E-state index in [1.165, 1.54) is 0 Å². The molecule has 1 aromatic carbocycles. The Hall–Kier alpha value is -2.20. The van der Waals surface area contributed by atoms with Gasteiger partial charge in [0.15, 0.2) is 0 Å². The van der Waals surface area contributed by atoms with E-state index in [2.05, 4.69) is 4.98 Å². The quantitative estimate of drug-likeness (QED) is 0.840. The Bertz CT molecular complexity index is 596. The minimum absolute atomic E-state index is 0.0388. The molecule has 1 saturated heterocycles. The highest BCUT2D eigenvalue weighted by Crippen LogP contribution is 2.22. The van der Waals surface area contributed by atoms with Gasteiger partial charge in [0.05, 0.1) is 12.6 Å². The van der Waals surface area contributed by atoms with Crippen LogP contribution in [0.2, 0.25) is 0 Å². The predicted octanol–water partition coefficient (Wildman–Crippen LogP) is 2.50. The lowest BCUT2D eigenvalue weighted by Crippen LogP contribution is -2.46. The fourth-order valence-electron chi connectivity index (χ4n) is 2.27. The SMILES string of the molecule is CC1CN(c2ccc(-c3ccccc3)cn2)C(=O)CO1. The first-order chi connectivity index (χ1) is 9.74. The van der Waals surface area contributed by atoms with Crippen LogP contribution in [-0.4, -0.2) is 30.1 Å². The third-order valence-electron chi connectivity index (χ3n) is 3.36. The molecule has 20 heavy (non-hydrogen) atoms. The summed E-state index contributed by atoms with van der Waals surface area (Å²) in [5.41, 5.74) is 2.16. The Morgan fingerprint density at radius 1 is 1.15 bits per heavy atom. The number of benzene rings is 1. The molecular formula is C16H16N2O2. The topological polar surface area (TPSA) is 42.4 Å². The molecule has 1 unspecified atom stereocenters. The normalized spacial score (nSPS) is 19.1. The number of hydrogen-bond acceptors (Lipinski definition) is 3. The fourth-order valence-corrected chi connectivity index (χ4v) is 2.27. The highest BCUT2D eigenvalue weighted by atomic mass is 16.5. The Labute approximate surface area is 118 Å². The second-order valence-electron chi connectivity index (χ2n) is 4.90. The van der Waals surface area contributed by atoms with E-state index in [1.807, 2.05) is 49.4 Å². The van der Waals surface area contributed by atoms with Crippen molar-refractivity contribution in [1.29, 1.82) is 0 Å². The zero-order valence-corrected chi connectivity index (χ0v) is 11.3. The van der Waals surface area contributed by atoms with Crippen molar-refractivity contribution in [1.82, 2.24) is 4.98 Å². The summed E-state index contributed by atoms with van der Waals surface area (Å²) in [5, 5.41) is 0. The van der Waals surface area contributed by atoms with Gasteiger partial charge in [-0.05, 0) is 24.6 Å². The second-order valence-corrected chi connectivity index (χ2v) is 4.90. The number of carbonyl (C=O) groups is 1. The van der Waals surface area contributed by atoms with Gasteiger partial charge in [0.2, 0.25) is 0 Å². The van der Waals surface area contributed by atoms with Gasteiger partial charge in [-0.15, -0.1) is 0 Å². The van der Waals surface area contributed by atoms with Crippen LogP contribution >= 0.6 is 0 Å². The second kappa shape index (κ2) is 5.43. The van der Waals surface area contributed by atoms with E-state index in [0.29, 0.717) is 12.4 Å². The van der Waals surface area contributed by atoms with Gasteiger partial charge < -0.3 is 4.74 Å². The molecule has 0 spiro atoms. The number of nitrogens with zero attached hydrogens (tertiary/aromatic N) is 2. The molecule has 1 aliphatic heterocycles. The standard InChI is InChI=1S/C16H16N2O2/c1-12-10-18(16(19)11-20-12)15-8-7-14(9-17-15)13-5-3-2-4-6-13/h2-9,12H,10-11H2,1H3. The maximum absolute atomic E-state index is 11.9. The number of amides is 1. The van der Waals surface area contributed by atoms with Crippen LogP contribution in [0.15, 0.2) is 48.7 Å². The van der Waals surface area contributed by atoms with Crippen LogP contribution in [0.1, 0.15) is 6.92 Å². The highest BCUT2D eigenvalue weighted by Gasteiger charge is 2.25. The van der Waals surface area contributed by atoms with Crippen LogP contribution in [-0.2, 0) is 9.53 Å². The van der Waals surface area contributed by atoms with Gasteiger partial charge in [-0.2, -0.15) is 0 Å². The molecule has 1 atom stereocenters. The first kappa shape index (κ1) is 12.8. The molecule has 0 bridgehead atoms. The molecule has 1 aromatic heterocycles. The first-order valence-corrected chi connectivity index (χ1v) is 6.67. The number of anilines is 1. The molecule has 102 valence electrons. The predicted molar refractivity (Wildman–Crippen MR) is 77.4 cm³/mol. The van der Waals surface area contributed by atoms with Crippen LogP contribution in [0.5, 0.6) is 0 Å². The largest absolute Gasteiger partial charge is 0.367 e. The highest BCUT2D eigenvalue weighted by molar-refractivity contribution is 5.94. The van der Waals surface area contributed by atoms with Crippen molar-refractivity contribution >= 4 is 11.7 Å². The molecule has 4 nitrogen and oxygen atoms in total. The lowest BCUT2D eigenvalue weighted by atomic mass is 10.1. The van der Waals surface area contributed by atoms with Crippen molar-refractivity contribution < 1.29 is 9.53 Å². The van der Waals surface area contributed by atoms with Crippen LogP contribution in [0.3, 0.4) is 0 Å². The summed E-state index contributed by atoms with van der Waals surface area (Å²) in [5.74, 6) is 0.646. The van der Waals surface area contributed by atoms with Crippen molar-refractivity contribution in [2.24, 2.45) is 0 Å². The summed E-state index contributed by atoms with van der Waals surface area (Å²) in [6.07, 6.45) is 1.85. The summed E-state index contributed by atoms with van der Waals surface area (Å²) in [7, 11) is 0. The zero-order chi connectivity index (χ0) is 13.9. The lowest BCUT2D eigenvalue weighted by molar-refractivity contribution is -0.128. The molecular weight excluding hydrogens is 252 g/mol. The third kappa shape index (κ3) is 2.56. The molecule has 4 heteroatoms. The summed E-state index contributed by atoms with van der Waals surface area (Å²) in [6.45, 7) is 2.64. The van der Waals surface area contributed by atoms with Crippen LogP contribution in [0.25, 0.3) is 11.1 Å². The fraction of sp³-hybridized carbons (Fsp3) is 0.250. The van der Waals surface area contributed by atoms with Crippen molar-refractivity contribution in [2.75, 3.05) is 18.1 Å². The summed E-state index contributed by atoms with van der Waals surface area (Å²) in [6, 6.07) is 13.9. The monoisotopic (exact) mass is 268 g/mol. The zero-order valence-electron chi connectivity index (χ0n) is 11.3. The maximum Gasteiger partial charge on any atom is 0.254 e. The van der Waals surface area contributed by atoms with E-state index >= 15 is 0 Å². The molecule has 2 aromatic rings. The number of ether oxygens (including phenoxy) is 1. The molecule has 0 N–H and O–H groups in total. The van der Waals surface area contributed by atoms with Crippen molar-refractivity contribution in [3.63, 3.8) is 0 Å². The summed E-state index contributed by atoms with van der Waals surface area (Å²) in [4.78, 5) is 18.0.